The number of hydrogen-bond acceptors (Lipinski definition) is 6. The summed E-state index contributed by atoms with van der Waals surface area (Å²) >= 11 is 0. The number of rotatable bonds is 2. The Balaban J connectivity index is 0.000000154. The van der Waals surface area contributed by atoms with Crippen LogP contribution in [0, 0.1) is 28.6 Å². The van der Waals surface area contributed by atoms with Crippen molar-refractivity contribution in [3.8, 4) is 0 Å². The lowest BCUT2D eigenvalue weighted by Gasteiger charge is -2.60. The van der Waals surface area contributed by atoms with Crippen LogP contribution in [0.2, 0.25) is 0 Å². The van der Waals surface area contributed by atoms with Crippen LogP contribution in [0.25, 0.3) is 17.7 Å². The third-order valence-corrected chi connectivity index (χ3v) is 13.5. The van der Waals surface area contributed by atoms with Gasteiger partial charge in [-0.3, -0.25) is 9.59 Å². The smallest absolute Gasteiger partial charge is 0.190 e. The summed E-state index contributed by atoms with van der Waals surface area (Å²) in [5.41, 5.74) is 7.31. The highest BCUT2D eigenvalue weighted by atomic mass is 16.3. The Morgan fingerprint density at radius 3 is 2.15 bits per heavy atom. The van der Waals surface area contributed by atoms with Gasteiger partial charge in [-0.1, -0.05) is 85.7 Å². The van der Waals surface area contributed by atoms with Gasteiger partial charge in [-0.15, -0.1) is 0 Å². The summed E-state index contributed by atoms with van der Waals surface area (Å²) in [6, 6.07) is 17.6. The molecule has 6 nitrogen and oxygen atoms in total. The number of allylic oxidation sites excluding steroid dienone is 1. The predicted molar refractivity (Wildman–Crippen MR) is 190 cm³/mol. The highest BCUT2D eigenvalue weighted by Gasteiger charge is 2.68. The van der Waals surface area contributed by atoms with E-state index in [1.165, 1.54) is 46.2 Å². The third kappa shape index (κ3) is 5.31. The predicted octanol–water partition coefficient (Wildman–Crippen LogP) is 6.48. The average Bonchev–Trinajstić information content (AvgIpc) is 3.24. The number of likely N-dealkylation sites (tertiary alicyclic amines) is 1. The minimum absolute atomic E-state index is 0.0697. The van der Waals surface area contributed by atoms with Crippen LogP contribution in [0.1, 0.15) is 93.9 Å². The van der Waals surface area contributed by atoms with E-state index in [2.05, 4.69) is 79.6 Å². The van der Waals surface area contributed by atoms with E-state index >= 15 is 0 Å². The van der Waals surface area contributed by atoms with Gasteiger partial charge in [-0.25, -0.2) is 0 Å². The first kappa shape index (κ1) is 33.3. The topological polar surface area (TPSA) is 98.1 Å². The van der Waals surface area contributed by atoms with Crippen LogP contribution in [0.15, 0.2) is 65.8 Å². The first-order valence-electron chi connectivity index (χ1n) is 18.1. The van der Waals surface area contributed by atoms with Crippen LogP contribution < -0.4 is 0 Å². The van der Waals surface area contributed by atoms with E-state index in [-0.39, 0.29) is 29.0 Å². The normalized spacial score (nSPS) is 35.5. The largest absolute Gasteiger partial charge is 0.393 e. The van der Waals surface area contributed by atoms with E-state index in [1.807, 2.05) is 6.92 Å². The molecule has 2 aromatic rings. The number of fused-ring (bicyclic) bond motifs is 7. The quantitative estimate of drug-likeness (QED) is 0.294. The molecule has 3 N–H and O–H groups in total. The van der Waals surface area contributed by atoms with E-state index in [4.69, 9.17) is 0 Å². The molecular formula is C42H51NO5. The van der Waals surface area contributed by atoms with E-state index in [0.717, 1.165) is 38.8 Å². The molecule has 0 spiro atoms. The molecule has 5 aliphatic carbocycles. The van der Waals surface area contributed by atoms with Crippen molar-refractivity contribution in [3.63, 3.8) is 0 Å². The van der Waals surface area contributed by atoms with Gasteiger partial charge in [-0.05, 0) is 115 Å². The minimum atomic E-state index is -1.54. The fourth-order valence-corrected chi connectivity index (χ4v) is 10.9. The molecule has 0 radical (unpaired) electrons. The second kappa shape index (κ2) is 12.6. The molecule has 0 bridgehead atoms. The minimum Gasteiger partial charge on any atom is -0.393 e. The number of ketones is 2. The maximum absolute atomic E-state index is 12.4. The molecule has 1 heterocycles. The zero-order valence-electron chi connectivity index (χ0n) is 28.8. The number of hydrogen-bond donors (Lipinski definition) is 3. The molecule has 3 saturated carbocycles. The number of Topliss-reactive ketones (excluding diaryl/α,β-unsaturated/α-hetero) is 1. The maximum atomic E-state index is 12.4. The van der Waals surface area contributed by atoms with Crippen LogP contribution in [0.3, 0.4) is 0 Å². The van der Waals surface area contributed by atoms with Gasteiger partial charge in [0.1, 0.15) is 12.2 Å². The van der Waals surface area contributed by atoms with Crippen molar-refractivity contribution in [1.82, 2.24) is 4.90 Å². The monoisotopic (exact) mass is 649 g/mol. The third-order valence-electron chi connectivity index (χ3n) is 13.5. The van der Waals surface area contributed by atoms with Crippen molar-refractivity contribution in [3.05, 3.63) is 88.0 Å². The summed E-state index contributed by atoms with van der Waals surface area (Å²) in [5, 5.41) is 31.7. The lowest BCUT2D eigenvalue weighted by molar-refractivity contribution is -0.182. The first-order valence-corrected chi connectivity index (χ1v) is 18.1. The van der Waals surface area contributed by atoms with Gasteiger partial charge < -0.3 is 20.2 Å². The molecule has 6 heteroatoms. The Morgan fingerprint density at radius 1 is 0.896 bits per heavy atom. The Labute approximate surface area is 285 Å². The Morgan fingerprint density at radius 2 is 1.52 bits per heavy atom. The number of piperidine rings is 1. The number of carbonyl (C=O) groups excluding carboxylic acids is 2. The second-order valence-corrected chi connectivity index (χ2v) is 15.8. The van der Waals surface area contributed by atoms with Gasteiger partial charge in [0.25, 0.3) is 0 Å². The van der Waals surface area contributed by atoms with Crippen molar-refractivity contribution in [2.24, 2.45) is 28.6 Å². The van der Waals surface area contributed by atoms with Crippen LogP contribution in [-0.2, 0) is 9.59 Å². The van der Waals surface area contributed by atoms with E-state index in [0.29, 0.717) is 19.3 Å². The molecule has 4 fully saturated rings. The van der Waals surface area contributed by atoms with Crippen molar-refractivity contribution >= 4 is 29.3 Å². The number of aliphatic hydroxyl groups excluding tert-OH is 2. The summed E-state index contributed by atoms with van der Waals surface area (Å²) in [6.07, 6.45) is 12.6. The van der Waals surface area contributed by atoms with Crippen LogP contribution >= 0.6 is 0 Å². The summed E-state index contributed by atoms with van der Waals surface area (Å²) in [5.74, 6) is 0.140. The van der Waals surface area contributed by atoms with Crippen molar-refractivity contribution in [2.75, 3.05) is 26.7 Å². The maximum Gasteiger partial charge on any atom is 0.190 e. The fourth-order valence-electron chi connectivity index (χ4n) is 10.9. The molecule has 7 atom stereocenters. The lowest BCUT2D eigenvalue weighted by atomic mass is 9.45. The molecule has 0 unspecified atom stereocenters. The average molecular weight is 650 g/mol. The number of nitrogens with zero attached hydrogens (tertiary/aromatic N) is 1. The zero-order valence-corrected chi connectivity index (χ0v) is 28.8. The van der Waals surface area contributed by atoms with Gasteiger partial charge >= 0.3 is 0 Å². The Kier molecular flexibility index (Phi) is 8.77. The highest BCUT2D eigenvalue weighted by molar-refractivity contribution is 5.95. The molecule has 2 aromatic carbocycles. The molecule has 254 valence electrons. The summed E-state index contributed by atoms with van der Waals surface area (Å²) < 4.78 is 0. The van der Waals surface area contributed by atoms with Crippen molar-refractivity contribution < 1.29 is 24.9 Å². The molecule has 0 amide bonds. The number of aliphatic hydroxyl groups is 3. The molecule has 1 aliphatic heterocycles. The second-order valence-electron chi connectivity index (χ2n) is 15.8. The van der Waals surface area contributed by atoms with Crippen LogP contribution in [-0.4, -0.2) is 70.2 Å². The van der Waals surface area contributed by atoms with Gasteiger partial charge in [0, 0.05) is 24.9 Å². The molecular weight excluding hydrogens is 598 g/mol. The van der Waals surface area contributed by atoms with Crippen molar-refractivity contribution in [2.45, 2.75) is 83.3 Å². The van der Waals surface area contributed by atoms with E-state index < -0.39 is 29.5 Å². The van der Waals surface area contributed by atoms with E-state index in [9.17, 15) is 24.9 Å². The molecule has 1 saturated heterocycles. The molecule has 48 heavy (non-hydrogen) atoms. The standard InChI is InChI=1S/C21H21N.C21H30O5/c1-22-14-12-18(13-15-22)21-19-8-4-2-6-16(19)10-11-17-7-3-5-9-20(17)21;1-19-7-5-13(23)9-12(19)3-4-14-15-6-8-21(26,17(25)11-22)20(15,2)10-16(24)18(14)19/h2-11H,12-15H2,1H3;9,14-16,18,22,24,26H,3-8,10-11H2,1-2H3/t;14-,15-,16-,18+,19-,20-,21-/m.0/s1. The SMILES string of the molecule is CN1CCC(=C2c3ccccc3C=Cc3ccccc32)CC1.C[C@]12CCC(=O)C=C1CC[C@@H]1[C@@H]2[C@@H](O)C[C@@]2(C)[C@H]1CC[C@]2(O)C(=O)CO. The summed E-state index contributed by atoms with van der Waals surface area (Å²) in [4.78, 5) is 26.7. The summed E-state index contributed by atoms with van der Waals surface area (Å²) in [6.45, 7) is 5.78. The first-order chi connectivity index (χ1) is 23.0. The van der Waals surface area contributed by atoms with Gasteiger partial charge in [0.2, 0.25) is 0 Å². The summed E-state index contributed by atoms with van der Waals surface area (Å²) in [7, 11) is 2.22. The Bertz CT molecular complexity index is 1640. The number of benzene rings is 2. The molecule has 6 aliphatic rings. The van der Waals surface area contributed by atoms with Crippen LogP contribution in [0.5, 0.6) is 0 Å². The van der Waals surface area contributed by atoms with Crippen LogP contribution in [0.4, 0.5) is 0 Å². The highest BCUT2D eigenvalue weighted by Crippen LogP contribution is 2.67. The molecule has 0 aromatic heterocycles. The molecule has 8 rings (SSSR count). The lowest BCUT2D eigenvalue weighted by Crippen LogP contribution is -2.62. The van der Waals surface area contributed by atoms with Crippen molar-refractivity contribution in [1.29, 1.82) is 0 Å². The van der Waals surface area contributed by atoms with Gasteiger partial charge in [0.05, 0.1) is 6.10 Å². The van der Waals surface area contributed by atoms with E-state index in [1.54, 1.807) is 11.6 Å². The fraction of sp³-hybridized carbons (Fsp3) is 0.524. The number of carbonyl (C=O) groups is 2. The van der Waals surface area contributed by atoms with Gasteiger partial charge in [0.15, 0.2) is 11.6 Å². The van der Waals surface area contributed by atoms with Gasteiger partial charge in [-0.2, -0.15) is 0 Å². The Hall–Kier alpha value is -3.16. The zero-order chi connectivity index (χ0) is 33.8.